The molecule has 27 heavy (non-hydrogen) atoms. The molecular weight excluding hydrogens is 423 g/mol. The van der Waals surface area contributed by atoms with E-state index in [4.69, 9.17) is 0 Å². The topological polar surface area (TPSA) is 26.3 Å². The molecule has 154 valence electrons. The molecule has 1 rings (SSSR count). The lowest BCUT2D eigenvalue weighted by Crippen LogP contribution is -2.59. The van der Waals surface area contributed by atoms with E-state index >= 15 is 0 Å². The van der Waals surface area contributed by atoms with Gasteiger partial charge in [0.2, 0.25) is 5.82 Å². The second kappa shape index (κ2) is 7.07. The van der Waals surface area contributed by atoms with Crippen molar-refractivity contribution in [2.75, 3.05) is 6.61 Å². The molecule has 0 aliphatic heterocycles. The Morgan fingerprint density at radius 3 is 1.52 bits per heavy atom. The third-order valence-electron chi connectivity index (χ3n) is 2.95. The van der Waals surface area contributed by atoms with Crippen molar-refractivity contribution in [3.05, 3.63) is 34.6 Å². The summed E-state index contributed by atoms with van der Waals surface area (Å²) in [6.07, 6.45) is -5.29. The van der Waals surface area contributed by atoms with E-state index in [1.165, 1.54) is 0 Å². The van der Waals surface area contributed by atoms with Gasteiger partial charge in [0, 0.05) is 0 Å². The van der Waals surface area contributed by atoms with E-state index in [9.17, 15) is 61.9 Å². The highest BCUT2D eigenvalue weighted by Gasteiger charge is 2.75. The van der Waals surface area contributed by atoms with Crippen LogP contribution in [0.3, 0.4) is 0 Å². The average Bonchev–Trinajstić information content (AvgIpc) is 2.56. The van der Waals surface area contributed by atoms with Gasteiger partial charge in [-0.15, -0.1) is 0 Å². The van der Waals surface area contributed by atoms with Crippen LogP contribution < -0.4 is 0 Å². The highest BCUT2D eigenvalue weighted by molar-refractivity contribution is 5.90. The van der Waals surface area contributed by atoms with Crippen LogP contribution in [0.15, 0.2) is 0 Å². The maximum Gasteiger partial charge on any atom is 0.381 e. The van der Waals surface area contributed by atoms with Gasteiger partial charge in [-0.1, -0.05) is 0 Å². The van der Waals surface area contributed by atoms with Crippen LogP contribution >= 0.6 is 0 Å². The number of hydrogen-bond donors (Lipinski definition) is 0. The van der Waals surface area contributed by atoms with Gasteiger partial charge in [-0.25, -0.2) is 35.5 Å². The maximum atomic E-state index is 13.2. The number of esters is 1. The lowest BCUT2D eigenvalue weighted by atomic mass is 10.1. The Labute approximate surface area is 139 Å². The molecule has 0 unspecified atom stereocenters. The summed E-state index contributed by atoms with van der Waals surface area (Å²) in [6, 6.07) is 0. The first kappa shape index (κ1) is 22.8. The molecule has 0 saturated heterocycles. The zero-order chi connectivity index (χ0) is 21.5. The quantitative estimate of drug-likeness (QED) is 0.285. The molecular formula is C12H3F13O2. The van der Waals surface area contributed by atoms with Crippen LogP contribution in [0.4, 0.5) is 57.1 Å². The van der Waals surface area contributed by atoms with E-state index in [-0.39, 0.29) is 0 Å². The number of carbonyl (C=O) groups is 1. The number of benzene rings is 1. The number of alkyl halides is 8. The minimum absolute atomic E-state index is 2.49. The fourth-order valence-corrected chi connectivity index (χ4v) is 1.48. The Morgan fingerprint density at radius 2 is 1.15 bits per heavy atom. The predicted octanol–water partition coefficient (Wildman–Crippen LogP) is 4.71. The van der Waals surface area contributed by atoms with Gasteiger partial charge in [0.15, 0.2) is 29.9 Å². The number of carbonyl (C=O) groups excluding carboxylic acids is 1. The Kier molecular flexibility index (Phi) is 5.98. The van der Waals surface area contributed by atoms with Gasteiger partial charge in [-0.05, 0) is 0 Å². The van der Waals surface area contributed by atoms with Gasteiger partial charge in [0.25, 0.3) is 0 Å². The van der Waals surface area contributed by atoms with E-state index in [0.717, 1.165) is 0 Å². The molecule has 0 aromatic heterocycles. The standard InChI is InChI=1S/C12H3F13O2/c13-3-2(4(14)6(16)7(17)5(3)15)8(26)27-1-10(20,21)12(24,25)11(22,23)9(18)19/h9H,1H2. The normalized spacial score (nSPS) is 13.3. The van der Waals surface area contributed by atoms with Crippen LogP contribution in [-0.4, -0.2) is 36.8 Å². The van der Waals surface area contributed by atoms with Crippen LogP contribution in [0.5, 0.6) is 0 Å². The molecule has 15 heteroatoms. The zero-order valence-electron chi connectivity index (χ0n) is 12.0. The summed E-state index contributed by atoms with van der Waals surface area (Å²) in [5, 5.41) is 0. The second-order valence-corrected chi connectivity index (χ2v) is 4.72. The molecule has 0 amide bonds. The highest BCUT2D eigenvalue weighted by Crippen LogP contribution is 2.48. The van der Waals surface area contributed by atoms with E-state index in [1.54, 1.807) is 0 Å². The summed E-state index contributed by atoms with van der Waals surface area (Å²) < 4.78 is 169. The molecule has 0 aliphatic rings. The smallest absolute Gasteiger partial charge is 0.381 e. The van der Waals surface area contributed by atoms with Gasteiger partial charge in [-0.3, -0.25) is 0 Å². The fourth-order valence-electron chi connectivity index (χ4n) is 1.48. The summed E-state index contributed by atoms with van der Waals surface area (Å²) in [7, 11) is 0. The van der Waals surface area contributed by atoms with E-state index < -0.39 is 71.4 Å². The maximum absolute atomic E-state index is 13.2. The fraction of sp³-hybridized carbons (Fsp3) is 0.417. The molecule has 0 fully saturated rings. The van der Waals surface area contributed by atoms with Crippen LogP contribution in [0.2, 0.25) is 0 Å². The Hall–Kier alpha value is -2.22. The average molecular weight is 426 g/mol. The van der Waals surface area contributed by atoms with Crippen LogP contribution in [-0.2, 0) is 4.74 Å². The van der Waals surface area contributed by atoms with Crippen LogP contribution in [0.1, 0.15) is 10.4 Å². The van der Waals surface area contributed by atoms with Crippen molar-refractivity contribution < 1.29 is 66.6 Å². The second-order valence-electron chi connectivity index (χ2n) is 4.72. The summed E-state index contributed by atoms with van der Waals surface area (Å²) in [4.78, 5) is 11.2. The molecule has 0 atom stereocenters. The summed E-state index contributed by atoms with van der Waals surface area (Å²) >= 11 is 0. The summed E-state index contributed by atoms with van der Waals surface area (Å²) in [6.45, 7) is -3.15. The molecule has 0 radical (unpaired) electrons. The van der Waals surface area contributed by atoms with Crippen LogP contribution in [0.25, 0.3) is 0 Å². The van der Waals surface area contributed by atoms with E-state index in [0.29, 0.717) is 0 Å². The molecule has 1 aromatic rings. The molecule has 0 heterocycles. The predicted molar refractivity (Wildman–Crippen MR) is 57.4 cm³/mol. The van der Waals surface area contributed by atoms with Crippen LogP contribution in [0, 0.1) is 29.1 Å². The largest absolute Gasteiger partial charge is 0.455 e. The number of halogens is 13. The number of hydrogen-bond acceptors (Lipinski definition) is 2. The van der Waals surface area contributed by atoms with Gasteiger partial charge in [0.1, 0.15) is 5.56 Å². The first-order valence-corrected chi connectivity index (χ1v) is 6.10. The Bertz CT molecular complexity index is 714. The van der Waals surface area contributed by atoms with Crippen molar-refractivity contribution in [2.24, 2.45) is 0 Å². The highest BCUT2D eigenvalue weighted by atomic mass is 19.4. The van der Waals surface area contributed by atoms with E-state index in [2.05, 4.69) is 4.74 Å². The third kappa shape index (κ3) is 3.63. The third-order valence-corrected chi connectivity index (χ3v) is 2.95. The lowest BCUT2D eigenvalue weighted by molar-refractivity contribution is -0.343. The molecule has 0 N–H and O–H groups in total. The van der Waals surface area contributed by atoms with Crippen molar-refractivity contribution in [1.29, 1.82) is 0 Å². The molecule has 0 bridgehead atoms. The van der Waals surface area contributed by atoms with Gasteiger partial charge in [-0.2, -0.15) is 26.3 Å². The molecule has 0 spiro atoms. The number of rotatable bonds is 6. The van der Waals surface area contributed by atoms with Gasteiger partial charge < -0.3 is 4.74 Å². The molecule has 2 nitrogen and oxygen atoms in total. The monoisotopic (exact) mass is 426 g/mol. The first-order valence-electron chi connectivity index (χ1n) is 6.10. The van der Waals surface area contributed by atoms with Crippen molar-refractivity contribution in [3.63, 3.8) is 0 Å². The van der Waals surface area contributed by atoms with Crippen molar-refractivity contribution in [3.8, 4) is 0 Å². The Balaban J connectivity index is 3.17. The summed E-state index contributed by atoms with van der Waals surface area (Å²) in [5.41, 5.74) is -2.49. The zero-order valence-corrected chi connectivity index (χ0v) is 12.0. The molecule has 0 aliphatic carbocycles. The summed E-state index contributed by atoms with van der Waals surface area (Å²) in [5.74, 6) is -36.5. The SMILES string of the molecule is O=C(OCC(F)(F)C(F)(F)C(F)(F)C(F)F)c1c(F)c(F)c(F)c(F)c1F. The minimum atomic E-state index is -6.81. The lowest BCUT2D eigenvalue weighted by Gasteiger charge is -2.31. The van der Waals surface area contributed by atoms with Crippen molar-refractivity contribution in [1.82, 2.24) is 0 Å². The van der Waals surface area contributed by atoms with Crippen molar-refractivity contribution in [2.45, 2.75) is 24.2 Å². The number of ether oxygens (including phenoxy) is 1. The van der Waals surface area contributed by atoms with Gasteiger partial charge in [0.05, 0.1) is 0 Å². The van der Waals surface area contributed by atoms with Crippen molar-refractivity contribution >= 4 is 5.97 Å². The minimum Gasteiger partial charge on any atom is -0.455 e. The molecule has 1 aromatic carbocycles. The Morgan fingerprint density at radius 1 is 0.778 bits per heavy atom. The first-order chi connectivity index (χ1) is 12.0. The van der Waals surface area contributed by atoms with E-state index in [1.807, 2.05) is 0 Å². The molecule has 0 saturated carbocycles. The van der Waals surface area contributed by atoms with Gasteiger partial charge >= 0.3 is 30.2 Å².